The summed E-state index contributed by atoms with van der Waals surface area (Å²) in [6.07, 6.45) is -4.97. The van der Waals surface area contributed by atoms with Crippen LogP contribution in [0.5, 0.6) is 0 Å². The molecule has 0 fully saturated rings. The van der Waals surface area contributed by atoms with Gasteiger partial charge in [0.2, 0.25) is 0 Å². The zero-order valence-electron chi connectivity index (χ0n) is 7.25. The molecule has 82 valence electrons. The standard InChI is InChI=1S/C8H6BrF3N2O/c9-5-1-3-6(4-2-5)14(13)7(15)8(10,11)12/h1-4H,13H2. The zero-order chi connectivity index (χ0) is 11.6. The summed E-state index contributed by atoms with van der Waals surface area (Å²) in [5.41, 5.74) is -0.0273. The fourth-order valence-corrected chi connectivity index (χ4v) is 1.12. The summed E-state index contributed by atoms with van der Waals surface area (Å²) in [4.78, 5) is 10.7. The molecule has 7 heteroatoms. The Hall–Kier alpha value is -1.08. The fraction of sp³-hybridized carbons (Fsp3) is 0.125. The average Bonchev–Trinajstić information content (AvgIpc) is 2.15. The van der Waals surface area contributed by atoms with E-state index in [1.54, 1.807) is 0 Å². The number of hydrogen-bond donors (Lipinski definition) is 1. The quantitative estimate of drug-likeness (QED) is 0.488. The van der Waals surface area contributed by atoms with Crippen LogP contribution in [-0.4, -0.2) is 12.1 Å². The lowest BCUT2D eigenvalue weighted by Gasteiger charge is -2.17. The van der Waals surface area contributed by atoms with Gasteiger partial charge >= 0.3 is 12.1 Å². The van der Waals surface area contributed by atoms with Crippen LogP contribution in [0.15, 0.2) is 28.7 Å². The van der Waals surface area contributed by atoms with Crippen LogP contribution in [-0.2, 0) is 4.79 Å². The van der Waals surface area contributed by atoms with E-state index in [1.807, 2.05) is 0 Å². The smallest absolute Gasteiger partial charge is 0.262 e. The second kappa shape index (κ2) is 4.19. The topological polar surface area (TPSA) is 46.3 Å². The van der Waals surface area contributed by atoms with Gasteiger partial charge in [-0.3, -0.25) is 4.79 Å². The lowest BCUT2D eigenvalue weighted by atomic mass is 10.3. The van der Waals surface area contributed by atoms with Crippen LogP contribution in [0.3, 0.4) is 0 Å². The molecule has 0 aromatic heterocycles. The van der Waals surface area contributed by atoms with Crippen molar-refractivity contribution in [3.63, 3.8) is 0 Å². The molecule has 0 unspecified atom stereocenters. The Morgan fingerprint density at radius 3 is 2.13 bits per heavy atom. The van der Waals surface area contributed by atoms with Crippen molar-refractivity contribution in [2.45, 2.75) is 6.18 Å². The van der Waals surface area contributed by atoms with E-state index in [-0.39, 0.29) is 10.7 Å². The van der Waals surface area contributed by atoms with Gasteiger partial charge in [-0.25, -0.2) is 10.9 Å². The Kier molecular flexibility index (Phi) is 3.35. The van der Waals surface area contributed by atoms with Crippen molar-refractivity contribution in [1.82, 2.24) is 0 Å². The SMILES string of the molecule is NN(C(=O)C(F)(F)F)c1ccc(Br)cc1. The molecule has 15 heavy (non-hydrogen) atoms. The number of nitrogens with zero attached hydrogens (tertiary/aromatic N) is 1. The van der Waals surface area contributed by atoms with Crippen LogP contribution in [0.4, 0.5) is 18.9 Å². The Morgan fingerprint density at radius 2 is 1.73 bits per heavy atom. The normalized spacial score (nSPS) is 11.3. The maximum Gasteiger partial charge on any atom is 0.473 e. The minimum atomic E-state index is -4.97. The molecule has 0 atom stereocenters. The van der Waals surface area contributed by atoms with E-state index >= 15 is 0 Å². The molecule has 2 N–H and O–H groups in total. The molecular weight excluding hydrogens is 277 g/mol. The number of carbonyl (C=O) groups is 1. The number of rotatable bonds is 1. The van der Waals surface area contributed by atoms with E-state index in [0.717, 1.165) is 0 Å². The molecule has 0 spiro atoms. The summed E-state index contributed by atoms with van der Waals surface area (Å²) in [6.45, 7) is 0. The van der Waals surface area contributed by atoms with Gasteiger partial charge in [-0.1, -0.05) is 15.9 Å². The van der Waals surface area contributed by atoms with E-state index in [0.29, 0.717) is 4.47 Å². The first-order valence-electron chi connectivity index (χ1n) is 3.74. The Labute approximate surface area is 91.8 Å². The molecule has 0 radical (unpaired) electrons. The molecule has 0 aliphatic carbocycles. The lowest BCUT2D eigenvalue weighted by Crippen LogP contribution is -2.45. The van der Waals surface area contributed by atoms with Gasteiger partial charge in [-0.15, -0.1) is 0 Å². The van der Waals surface area contributed by atoms with Crippen LogP contribution in [0, 0.1) is 0 Å². The Morgan fingerprint density at radius 1 is 1.27 bits per heavy atom. The van der Waals surface area contributed by atoms with Crippen LogP contribution in [0.25, 0.3) is 0 Å². The van der Waals surface area contributed by atoms with Crippen molar-refractivity contribution in [3.8, 4) is 0 Å². The van der Waals surface area contributed by atoms with Gasteiger partial charge in [0.25, 0.3) is 0 Å². The van der Waals surface area contributed by atoms with Crippen LogP contribution in [0.2, 0.25) is 0 Å². The predicted octanol–water partition coefficient (Wildman–Crippen LogP) is 2.22. The molecule has 1 aromatic carbocycles. The van der Waals surface area contributed by atoms with Crippen molar-refractivity contribution >= 4 is 27.5 Å². The van der Waals surface area contributed by atoms with Crippen molar-refractivity contribution in [2.75, 3.05) is 5.01 Å². The van der Waals surface area contributed by atoms with Crippen LogP contribution >= 0.6 is 15.9 Å². The molecule has 0 saturated heterocycles. The number of nitrogens with two attached hydrogens (primary N) is 1. The molecule has 0 bridgehead atoms. The average molecular weight is 283 g/mol. The first kappa shape index (κ1) is 12.0. The number of amides is 1. The number of halogens is 4. The highest BCUT2D eigenvalue weighted by molar-refractivity contribution is 9.10. The number of carbonyl (C=O) groups excluding carboxylic acids is 1. The van der Waals surface area contributed by atoms with Gasteiger partial charge in [0.1, 0.15) is 0 Å². The molecule has 0 heterocycles. The summed E-state index contributed by atoms with van der Waals surface area (Å²) >= 11 is 3.10. The highest BCUT2D eigenvalue weighted by atomic mass is 79.9. The van der Waals surface area contributed by atoms with Crippen molar-refractivity contribution in [1.29, 1.82) is 0 Å². The van der Waals surface area contributed by atoms with Gasteiger partial charge in [0.15, 0.2) is 0 Å². The third-order valence-corrected chi connectivity index (χ3v) is 2.09. The summed E-state index contributed by atoms with van der Waals surface area (Å²) in [7, 11) is 0. The first-order valence-corrected chi connectivity index (χ1v) is 4.53. The Bertz CT molecular complexity index is 363. The second-order valence-electron chi connectivity index (χ2n) is 2.65. The third kappa shape index (κ3) is 2.93. The van der Waals surface area contributed by atoms with Gasteiger partial charge in [-0.2, -0.15) is 13.2 Å². The largest absolute Gasteiger partial charge is 0.473 e. The van der Waals surface area contributed by atoms with E-state index in [2.05, 4.69) is 15.9 Å². The Balaban J connectivity index is 2.90. The van der Waals surface area contributed by atoms with Crippen LogP contribution in [0.1, 0.15) is 0 Å². The van der Waals surface area contributed by atoms with Crippen molar-refractivity contribution in [3.05, 3.63) is 28.7 Å². The summed E-state index contributed by atoms with van der Waals surface area (Å²) in [5, 5.41) is 0.0619. The molecule has 0 aliphatic heterocycles. The van der Waals surface area contributed by atoms with Gasteiger partial charge in [0.05, 0.1) is 5.69 Å². The maximum atomic E-state index is 12.0. The number of hydrazine groups is 1. The van der Waals surface area contributed by atoms with Crippen LogP contribution < -0.4 is 10.9 Å². The number of benzene rings is 1. The van der Waals surface area contributed by atoms with Gasteiger partial charge < -0.3 is 0 Å². The predicted molar refractivity (Wildman–Crippen MR) is 51.9 cm³/mol. The van der Waals surface area contributed by atoms with Crippen molar-refractivity contribution < 1.29 is 18.0 Å². The molecule has 1 rings (SSSR count). The molecule has 1 aromatic rings. The molecular formula is C8H6BrF3N2O. The third-order valence-electron chi connectivity index (χ3n) is 1.57. The van der Waals surface area contributed by atoms with E-state index < -0.39 is 12.1 Å². The monoisotopic (exact) mass is 282 g/mol. The minimum absolute atomic E-state index is 0.0273. The lowest BCUT2D eigenvalue weighted by molar-refractivity contribution is -0.170. The minimum Gasteiger partial charge on any atom is -0.262 e. The number of hydrogen-bond acceptors (Lipinski definition) is 2. The molecule has 0 saturated carbocycles. The molecule has 1 amide bonds. The maximum absolute atomic E-state index is 12.0. The number of anilines is 1. The zero-order valence-corrected chi connectivity index (χ0v) is 8.84. The highest BCUT2D eigenvalue weighted by Crippen LogP contribution is 2.22. The summed E-state index contributed by atoms with van der Waals surface area (Å²) in [6, 6.07) is 5.57. The molecule has 3 nitrogen and oxygen atoms in total. The van der Waals surface area contributed by atoms with Gasteiger partial charge in [0, 0.05) is 4.47 Å². The fourth-order valence-electron chi connectivity index (χ4n) is 0.856. The van der Waals surface area contributed by atoms with Gasteiger partial charge in [-0.05, 0) is 24.3 Å². The number of alkyl halides is 3. The first-order chi connectivity index (χ1) is 6.82. The summed E-state index contributed by atoms with van der Waals surface area (Å²) in [5.74, 6) is 2.92. The van der Waals surface area contributed by atoms with E-state index in [4.69, 9.17) is 5.84 Å². The second-order valence-corrected chi connectivity index (χ2v) is 3.57. The molecule has 0 aliphatic rings. The van der Waals surface area contributed by atoms with E-state index in [9.17, 15) is 18.0 Å². The summed E-state index contributed by atoms with van der Waals surface area (Å²) < 4.78 is 36.6. The van der Waals surface area contributed by atoms with Crippen molar-refractivity contribution in [2.24, 2.45) is 5.84 Å². The van der Waals surface area contributed by atoms with E-state index in [1.165, 1.54) is 24.3 Å². The highest BCUT2D eigenvalue weighted by Gasteiger charge is 2.42.